The Morgan fingerprint density at radius 1 is 1.38 bits per heavy atom. The molecule has 0 bridgehead atoms. The number of rotatable bonds is 5. The molecule has 0 fully saturated rings. The lowest BCUT2D eigenvalue weighted by molar-refractivity contribution is 0.0941. The third-order valence-corrected chi connectivity index (χ3v) is 2.49. The van der Waals surface area contributed by atoms with Gasteiger partial charge in [-0.25, -0.2) is 0 Å². The lowest BCUT2D eigenvalue weighted by atomic mass is 10.1. The average Bonchev–Trinajstić information content (AvgIpc) is 2.30. The molecule has 1 aromatic carbocycles. The number of benzene rings is 1. The molecule has 0 unspecified atom stereocenters. The number of hydrogen-bond donors (Lipinski definition) is 2. The van der Waals surface area contributed by atoms with Gasteiger partial charge in [-0.3, -0.25) is 4.79 Å². The fourth-order valence-corrected chi connectivity index (χ4v) is 1.48. The predicted molar refractivity (Wildman–Crippen MR) is 66.4 cm³/mol. The molecule has 0 aliphatic heterocycles. The van der Waals surface area contributed by atoms with Crippen LogP contribution in [-0.2, 0) is 6.42 Å². The second-order valence-electron chi connectivity index (χ2n) is 4.06. The van der Waals surface area contributed by atoms with E-state index in [9.17, 15) is 4.79 Å². The van der Waals surface area contributed by atoms with Crippen molar-refractivity contribution in [3.8, 4) is 0 Å². The number of amides is 1. The first-order chi connectivity index (χ1) is 7.67. The van der Waals surface area contributed by atoms with Crippen molar-refractivity contribution < 1.29 is 4.79 Å². The summed E-state index contributed by atoms with van der Waals surface area (Å²) in [5, 5.41) is 2.83. The van der Waals surface area contributed by atoms with Crippen LogP contribution >= 0.6 is 0 Å². The van der Waals surface area contributed by atoms with Crippen molar-refractivity contribution in [1.82, 2.24) is 5.32 Å². The molecule has 1 rings (SSSR count). The second-order valence-corrected chi connectivity index (χ2v) is 4.06. The van der Waals surface area contributed by atoms with Gasteiger partial charge in [0.25, 0.3) is 5.91 Å². The molecule has 0 spiro atoms. The van der Waals surface area contributed by atoms with E-state index in [-0.39, 0.29) is 11.9 Å². The summed E-state index contributed by atoms with van der Waals surface area (Å²) in [6.45, 7) is 4.49. The van der Waals surface area contributed by atoms with E-state index in [0.29, 0.717) is 12.1 Å². The molecule has 3 N–H and O–H groups in total. The van der Waals surface area contributed by atoms with Crippen molar-refractivity contribution in [1.29, 1.82) is 0 Å². The molecule has 0 heterocycles. The molecule has 16 heavy (non-hydrogen) atoms. The van der Waals surface area contributed by atoms with Crippen LogP contribution in [-0.4, -0.2) is 18.5 Å². The first-order valence-corrected chi connectivity index (χ1v) is 5.77. The summed E-state index contributed by atoms with van der Waals surface area (Å²) in [5.41, 5.74) is 7.41. The molecular weight excluding hydrogens is 200 g/mol. The van der Waals surface area contributed by atoms with Gasteiger partial charge in [0.15, 0.2) is 0 Å². The van der Waals surface area contributed by atoms with Crippen molar-refractivity contribution in [3.05, 3.63) is 35.4 Å². The molecule has 0 aromatic heterocycles. The van der Waals surface area contributed by atoms with Crippen LogP contribution in [0.25, 0.3) is 0 Å². The highest BCUT2D eigenvalue weighted by atomic mass is 16.1. The fraction of sp³-hybridized carbons (Fsp3) is 0.462. The van der Waals surface area contributed by atoms with Gasteiger partial charge in [0.1, 0.15) is 0 Å². The molecule has 1 amide bonds. The van der Waals surface area contributed by atoms with Crippen LogP contribution in [0.5, 0.6) is 0 Å². The fourth-order valence-electron chi connectivity index (χ4n) is 1.48. The largest absolute Gasteiger partial charge is 0.348 e. The first kappa shape index (κ1) is 12.7. The number of carbonyl (C=O) groups excluding carboxylic acids is 1. The minimum absolute atomic E-state index is 0.0165. The highest BCUT2D eigenvalue weighted by Crippen LogP contribution is 2.06. The van der Waals surface area contributed by atoms with E-state index in [1.165, 1.54) is 5.56 Å². The van der Waals surface area contributed by atoms with Crippen molar-refractivity contribution >= 4 is 5.91 Å². The van der Waals surface area contributed by atoms with E-state index in [0.717, 1.165) is 12.8 Å². The van der Waals surface area contributed by atoms with Gasteiger partial charge in [0.2, 0.25) is 0 Å². The number of carbonyl (C=O) groups is 1. The molecule has 0 aliphatic carbocycles. The van der Waals surface area contributed by atoms with Crippen LogP contribution in [0.2, 0.25) is 0 Å². The number of aryl methyl sites for hydroxylation is 1. The van der Waals surface area contributed by atoms with Gasteiger partial charge < -0.3 is 11.1 Å². The summed E-state index contributed by atoms with van der Waals surface area (Å²) in [5.74, 6) is -0.0546. The third-order valence-electron chi connectivity index (χ3n) is 2.49. The van der Waals surface area contributed by atoms with Crippen LogP contribution < -0.4 is 11.1 Å². The lowest BCUT2D eigenvalue weighted by Gasteiger charge is -2.11. The minimum atomic E-state index is -0.0546. The Kier molecular flexibility index (Phi) is 4.99. The maximum atomic E-state index is 11.7. The van der Waals surface area contributed by atoms with Crippen molar-refractivity contribution in [2.24, 2.45) is 5.73 Å². The van der Waals surface area contributed by atoms with E-state index in [1.54, 1.807) is 0 Å². The van der Waals surface area contributed by atoms with Crippen LogP contribution in [0.3, 0.4) is 0 Å². The molecule has 0 saturated carbocycles. The zero-order chi connectivity index (χ0) is 12.0. The SMILES string of the molecule is CCCc1ccc(C(=O)N[C@@H](C)CN)cc1. The summed E-state index contributed by atoms with van der Waals surface area (Å²) in [6.07, 6.45) is 2.18. The Hall–Kier alpha value is -1.35. The van der Waals surface area contributed by atoms with Gasteiger partial charge in [-0.15, -0.1) is 0 Å². The van der Waals surface area contributed by atoms with Gasteiger partial charge in [-0.2, -0.15) is 0 Å². The van der Waals surface area contributed by atoms with Crippen molar-refractivity contribution in [2.45, 2.75) is 32.7 Å². The van der Waals surface area contributed by atoms with E-state index < -0.39 is 0 Å². The Morgan fingerprint density at radius 3 is 2.50 bits per heavy atom. The van der Waals surface area contributed by atoms with Crippen LogP contribution in [0, 0.1) is 0 Å². The zero-order valence-electron chi connectivity index (χ0n) is 9.99. The maximum absolute atomic E-state index is 11.7. The quantitative estimate of drug-likeness (QED) is 0.793. The highest BCUT2D eigenvalue weighted by Gasteiger charge is 2.07. The Balaban J connectivity index is 2.63. The minimum Gasteiger partial charge on any atom is -0.348 e. The van der Waals surface area contributed by atoms with Gasteiger partial charge in [0.05, 0.1) is 0 Å². The molecule has 0 aliphatic rings. The molecule has 1 aromatic rings. The predicted octanol–water partition coefficient (Wildman–Crippen LogP) is 1.72. The topological polar surface area (TPSA) is 55.1 Å². The van der Waals surface area contributed by atoms with Crippen molar-refractivity contribution in [3.63, 3.8) is 0 Å². The highest BCUT2D eigenvalue weighted by molar-refractivity contribution is 5.94. The number of hydrogen-bond acceptors (Lipinski definition) is 2. The van der Waals surface area contributed by atoms with E-state index in [2.05, 4.69) is 12.2 Å². The standard InChI is InChI=1S/C13H20N2O/c1-3-4-11-5-7-12(8-6-11)13(16)15-10(2)9-14/h5-8,10H,3-4,9,14H2,1-2H3,(H,15,16)/t10-/m0/s1. The molecule has 0 radical (unpaired) electrons. The first-order valence-electron chi connectivity index (χ1n) is 5.77. The van der Waals surface area contributed by atoms with Gasteiger partial charge in [-0.05, 0) is 31.0 Å². The molecular formula is C13H20N2O. The van der Waals surface area contributed by atoms with E-state index in [1.807, 2.05) is 31.2 Å². The molecule has 88 valence electrons. The second kappa shape index (κ2) is 6.28. The van der Waals surface area contributed by atoms with Gasteiger partial charge >= 0.3 is 0 Å². The summed E-state index contributed by atoms with van der Waals surface area (Å²) in [7, 11) is 0. The Bertz CT molecular complexity index is 332. The molecule has 0 saturated heterocycles. The maximum Gasteiger partial charge on any atom is 0.251 e. The van der Waals surface area contributed by atoms with E-state index in [4.69, 9.17) is 5.73 Å². The van der Waals surface area contributed by atoms with Crippen LogP contribution in [0.1, 0.15) is 36.2 Å². The zero-order valence-corrected chi connectivity index (χ0v) is 9.99. The smallest absolute Gasteiger partial charge is 0.251 e. The van der Waals surface area contributed by atoms with Crippen LogP contribution in [0.15, 0.2) is 24.3 Å². The van der Waals surface area contributed by atoms with Gasteiger partial charge in [0, 0.05) is 18.2 Å². The Labute approximate surface area is 97.0 Å². The molecule has 1 atom stereocenters. The Morgan fingerprint density at radius 2 is 2.00 bits per heavy atom. The summed E-state index contributed by atoms with van der Waals surface area (Å²) >= 11 is 0. The summed E-state index contributed by atoms with van der Waals surface area (Å²) in [6, 6.07) is 7.76. The van der Waals surface area contributed by atoms with E-state index >= 15 is 0 Å². The monoisotopic (exact) mass is 220 g/mol. The average molecular weight is 220 g/mol. The summed E-state index contributed by atoms with van der Waals surface area (Å²) < 4.78 is 0. The third kappa shape index (κ3) is 3.66. The van der Waals surface area contributed by atoms with Crippen LogP contribution in [0.4, 0.5) is 0 Å². The normalized spacial score (nSPS) is 12.2. The lowest BCUT2D eigenvalue weighted by Crippen LogP contribution is -2.37. The number of nitrogens with one attached hydrogen (secondary N) is 1. The van der Waals surface area contributed by atoms with Crippen molar-refractivity contribution in [2.75, 3.05) is 6.54 Å². The van der Waals surface area contributed by atoms with Gasteiger partial charge in [-0.1, -0.05) is 25.5 Å². The molecule has 3 heteroatoms. The molecule has 3 nitrogen and oxygen atoms in total. The summed E-state index contributed by atoms with van der Waals surface area (Å²) in [4.78, 5) is 11.7. The number of nitrogens with two attached hydrogens (primary N) is 1.